The van der Waals surface area contributed by atoms with E-state index in [9.17, 15) is 8.60 Å². The lowest BCUT2D eigenvalue weighted by Gasteiger charge is -2.28. The molecule has 0 bridgehead atoms. The van der Waals surface area contributed by atoms with Gasteiger partial charge in [-0.2, -0.15) is 4.36 Å². The fourth-order valence-electron chi connectivity index (χ4n) is 5.26. The van der Waals surface area contributed by atoms with Gasteiger partial charge in [-0.3, -0.25) is 0 Å². The van der Waals surface area contributed by atoms with Gasteiger partial charge >= 0.3 is 0 Å². The molecule has 3 aromatic rings. The summed E-state index contributed by atoms with van der Waals surface area (Å²) >= 11 is 0. The van der Waals surface area contributed by atoms with E-state index in [0.717, 1.165) is 66.5 Å². The number of aryl methyl sites for hydroxylation is 1. The number of benzene rings is 2. The number of methoxy groups -OCH3 is 1. The van der Waals surface area contributed by atoms with Crippen molar-refractivity contribution >= 4 is 26.3 Å². The van der Waals surface area contributed by atoms with Crippen LogP contribution in [0.15, 0.2) is 41.0 Å². The zero-order valence-electron chi connectivity index (χ0n) is 21.8. The van der Waals surface area contributed by atoms with Crippen LogP contribution >= 0.6 is 0 Å². The van der Waals surface area contributed by atoms with Crippen LogP contribution in [0.5, 0.6) is 5.75 Å². The molecule has 9 heteroatoms. The zero-order chi connectivity index (χ0) is 26.0. The van der Waals surface area contributed by atoms with Crippen LogP contribution < -0.4 is 4.74 Å². The molecule has 1 aromatic heterocycles. The van der Waals surface area contributed by atoms with Crippen molar-refractivity contribution in [3.05, 3.63) is 59.3 Å². The summed E-state index contributed by atoms with van der Waals surface area (Å²) in [4.78, 5) is 11.3. The molecular weight excluding hydrogens is 491 g/mol. The van der Waals surface area contributed by atoms with Crippen LogP contribution in [0.1, 0.15) is 42.5 Å². The Hall–Kier alpha value is -2.62. The van der Waals surface area contributed by atoms with Gasteiger partial charge in [0, 0.05) is 55.1 Å². The Morgan fingerprint density at radius 2 is 1.81 bits per heavy atom. The molecule has 0 spiro atoms. The Kier molecular flexibility index (Phi) is 7.74. The van der Waals surface area contributed by atoms with Crippen LogP contribution in [-0.4, -0.2) is 70.0 Å². The molecule has 0 radical (unpaired) electrons. The molecule has 0 N–H and O–H groups in total. The van der Waals surface area contributed by atoms with Gasteiger partial charge in [0.2, 0.25) is 0 Å². The predicted octanol–water partition coefficient (Wildman–Crippen LogP) is 5.05. The second-order valence-electron chi connectivity index (χ2n) is 10.2. The molecule has 1 aliphatic carbocycles. The summed E-state index contributed by atoms with van der Waals surface area (Å²) < 4.78 is 43.9. The maximum atomic E-state index is 14.2. The first-order valence-electron chi connectivity index (χ1n) is 12.9. The minimum Gasteiger partial charge on any atom is -0.490 e. The predicted molar refractivity (Wildman–Crippen MR) is 145 cm³/mol. The third-order valence-corrected chi connectivity index (χ3v) is 9.67. The van der Waals surface area contributed by atoms with Gasteiger partial charge in [-0.25, -0.2) is 18.6 Å². The van der Waals surface area contributed by atoms with Gasteiger partial charge in [-0.15, -0.1) is 0 Å². The van der Waals surface area contributed by atoms with Crippen LogP contribution in [0.4, 0.5) is 10.1 Å². The van der Waals surface area contributed by atoms with Crippen molar-refractivity contribution in [2.24, 2.45) is 4.36 Å². The quantitative estimate of drug-likeness (QED) is 0.447. The van der Waals surface area contributed by atoms with E-state index >= 15 is 0 Å². The SMILES string of the molecule is COC1CCC(Oc2cc(F)ccc2Cc2ncnc3cc(N=S4(=O)CCN(C)CC4)cc(C)c23)CC1. The fourth-order valence-corrected chi connectivity index (χ4v) is 7.33. The van der Waals surface area contributed by atoms with E-state index < -0.39 is 9.73 Å². The highest BCUT2D eigenvalue weighted by Gasteiger charge is 2.24. The number of hydrogen-bond donors (Lipinski definition) is 0. The fraction of sp³-hybridized carbons (Fsp3) is 0.500. The van der Waals surface area contributed by atoms with Crippen LogP contribution in [0, 0.1) is 12.7 Å². The van der Waals surface area contributed by atoms with Gasteiger partial charge in [-0.05, 0) is 63.4 Å². The Bertz CT molecular complexity index is 1380. The van der Waals surface area contributed by atoms with E-state index in [2.05, 4.69) is 19.2 Å². The molecule has 2 fully saturated rings. The minimum absolute atomic E-state index is 0.0430. The van der Waals surface area contributed by atoms with E-state index in [1.165, 1.54) is 12.1 Å². The number of ether oxygens (including phenoxy) is 2. The highest BCUT2D eigenvalue weighted by molar-refractivity contribution is 7.93. The van der Waals surface area contributed by atoms with Crippen molar-refractivity contribution < 1.29 is 18.1 Å². The molecule has 1 saturated heterocycles. The Balaban J connectivity index is 1.43. The van der Waals surface area contributed by atoms with Crippen molar-refractivity contribution in [1.29, 1.82) is 0 Å². The highest BCUT2D eigenvalue weighted by Crippen LogP contribution is 2.32. The molecule has 2 aliphatic rings. The lowest BCUT2D eigenvalue weighted by Crippen LogP contribution is -2.37. The third-order valence-electron chi connectivity index (χ3n) is 7.49. The maximum Gasteiger partial charge on any atom is 0.126 e. The van der Waals surface area contributed by atoms with Gasteiger partial charge < -0.3 is 14.4 Å². The second-order valence-corrected chi connectivity index (χ2v) is 12.8. The number of halogens is 1. The molecule has 37 heavy (non-hydrogen) atoms. The largest absolute Gasteiger partial charge is 0.490 e. The Labute approximate surface area is 218 Å². The lowest BCUT2D eigenvalue weighted by atomic mass is 9.94. The summed E-state index contributed by atoms with van der Waals surface area (Å²) in [5, 5.41) is 0.940. The van der Waals surface area contributed by atoms with Gasteiger partial charge in [0.15, 0.2) is 0 Å². The molecule has 0 unspecified atom stereocenters. The van der Waals surface area contributed by atoms with Crippen LogP contribution in [0.25, 0.3) is 10.9 Å². The summed E-state index contributed by atoms with van der Waals surface area (Å²) in [7, 11) is 1.52. The summed E-state index contributed by atoms with van der Waals surface area (Å²) in [5.41, 5.74) is 4.17. The van der Waals surface area contributed by atoms with Crippen molar-refractivity contribution in [2.75, 3.05) is 38.8 Å². The van der Waals surface area contributed by atoms with Gasteiger partial charge in [0.1, 0.15) is 17.9 Å². The molecule has 2 aromatic carbocycles. The zero-order valence-corrected chi connectivity index (χ0v) is 22.6. The molecular formula is C28H35FN4O3S. The monoisotopic (exact) mass is 526 g/mol. The average Bonchev–Trinajstić information content (AvgIpc) is 2.88. The summed E-state index contributed by atoms with van der Waals surface area (Å²) in [5.74, 6) is 1.41. The van der Waals surface area contributed by atoms with Crippen LogP contribution in [-0.2, 0) is 20.9 Å². The first-order chi connectivity index (χ1) is 17.8. The number of aromatic nitrogens is 2. The molecule has 0 atom stereocenters. The lowest BCUT2D eigenvalue weighted by molar-refractivity contribution is 0.0324. The number of hydrogen-bond acceptors (Lipinski definition) is 7. The smallest absolute Gasteiger partial charge is 0.126 e. The van der Waals surface area contributed by atoms with E-state index in [1.54, 1.807) is 19.5 Å². The Morgan fingerprint density at radius 1 is 1.08 bits per heavy atom. The van der Waals surface area contributed by atoms with E-state index in [-0.39, 0.29) is 18.0 Å². The standard InChI is InChI=1S/C28H35FN4O3S/c1-19-14-22(32-37(34)12-10-33(2)11-13-37)17-26-28(19)25(30-18-31-26)15-20-4-5-21(29)16-27(20)36-24-8-6-23(35-3)7-9-24/h4-5,14,16-18,23-24H,6-13,15H2,1-3H3. The number of fused-ring (bicyclic) bond motifs is 1. The van der Waals surface area contributed by atoms with E-state index in [0.29, 0.717) is 29.4 Å². The molecule has 198 valence electrons. The average molecular weight is 527 g/mol. The van der Waals surface area contributed by atoms with Crippen molar-refractivity contribution in [3.63, 3.8) is 0 Å². The molecule has 1 saturated carbocycles. The maximum absolute atomic E-state index is 14.2. The van der Waals surface area contributed by atoms with Crippen molar-refractivity contribution in [2.45, 2.75) is 51.2 Å². The van der Waals surface area contributed by atoms with Crippen LogP contribution in [0.2, 0.25) is 0 Å². The molecule has 7 nitrogen and oxygen atoms in total. The van der Waals surface area contributed by atoms with Gasteiger partial charge in [0.25, 0.3) is 0 Å². The van der Waals surface area contributed by atoms with Crippen molar-refractivity contribution in [1.82, 2.24) is 14.9 Å². The third kappa shape index (κ3) is 6.10. The molecule has 5 rings (SSSR count). The highest BCUT2D eigenvalue weighted by atomic mass is 32.2. The summed E-state index contributed by atoms with van der Waals surface area (Å²) in [6, 6.07) is 8.59. The van der Waals surface area contributed by atoms with Crippen LogP contribution in [0.3, 0.4) is 0 Å². The molecule has 1 aliphatic heterocycles. The van der Waals surface area contributed by atoms with Gasteiger partial charge in [-0.1, -0.05) is 6.07 Å². The normalized spacial score (nSPS) is 22.2. The number of nitrogens with zero attached hydrogens (tertiary/aromatic N) is 4. The molecule has 2 heterocycles. The number of rotatable bonds is 6. The first kappa shape index (κ1) is 26.0. The van der Waals surface area contributed by atoms with Gasteiger partial charge in [0.05, 0.1) is 38.8 Å². The first-order valence-corrected chi connectivity index (χ1v) is 14.8. The van der Waals surface area contributed by atoms with E-state index in [4.69, 9.17) is 9.47 Å². The minimum atomic E-state index is -2.27. The van der Waals surface area contributed by atoms with E-state index in [1.807, 2.05) is 26.1 Å². The summed E-state index contributed by atoms with van der Waals surface area (Å²) in [6.45, 7) is 3.58. The topological polar surface area (TPSA) is 76.9 Å². The second kappa shape index (κ2) is 11.0. The Morgan fingerprint density at radius 3 is 2.54 bits per heavy atom. The summed E-state index contributed by atoms with van der Waals surface area (Å²) in [6.07, 6.45) is 6.01. The molecule has 0 amide bonds. The van der Waals surface area contributed by atoms with Crippen molar-refractivity contribution in [3.8, 4) is 5.75 Å².